The van der Waals surface area contributed by atoms with E-state index in [9.17, 15) is 0 Å². The van der Waals surface area contributed by atoms with E-state index < -0.39 is 0 Å². The highest BCUT2D eigenvalue weighted by Gasteiger charge is 2.26. The summed E-state index contributed by atoms with van der Waals surface area (Å²) in [5, 5.41) is 7.24. The summed E-state index contributed by atoms with van der Waals surface area (Å²) >= 11 is 0. The Bertz CT molecular complexity index is 433. The van der Waals surface area contributed by atoms with Crippen LogP contribution in [0.5, 0.6) is 0 Å². The summed E-state index contributed by atoms with van der Waals surface area (Å²) in [6.07, 6.45) is 0. The van der Waals surface area contributed by atoms with E-state index in [0.29, 0.717) is 12.1 Å². The first-order chi connectivity index (χ1) is 8.95. The van der Waals surface area contributed by atoms with Crippen LogP contribution < -0.4 is 10.6 Å². The van der Waals surface area contributed by atoms with E-state index in [2.05, 4.69) is 71.3 Å². The molecule has 0 unspecified atom stereocenters. The van der Waals surface area contributed by atoms with Gasteiger partial charge in [0.15, 0.2) is 0 Å². The fourth-order valence-corrected chi connectivity index (χ4v) is 2.63. The summed E-state index contributed by atoms with van der Waals surface area (Å²) in [5.41, 5.74) is 2.69. The molecule has 1 aliphatic rings. The quantitative estimate of drug-likeness (QED) is 0.840. The second-order valence-corrected chi connectivity index (χ2v) is 4.68. The molecule has 0 radical (unpaired) electrons. The average Bonchev–Trinajstić information content (AvgIpc) is 2.49. The first-order valence-corrected chi connectivity index (χ1v) is 6.52. The molecule has 92 valence electrons. The molecule has 0 saturated carbocycles. The number of piperazine rings is 1. The van der Waals surface area contributed by atoms with Crippen molar-refractivity contribution in [1.29, 1.82) is 0 Å². The third-order valence-corrected chi connectivity index (χ3v) is 3.50. The Kier molecular flexibility index (Phi) is 3.40. The summed E-state index contributed by atoms with van der Waals surface area (Å²) in [7, 11) is 0. The van der Waals surface area contributed by atoms with Crippen molar-refractivity contribution in [2.24, 2.45) is 0 Å². The smallest absolute Gasteiger partial charge is 0.0518 e. The van der Waals surface area contributed by atoms with Crippen LogP contribution in [-0.4, -0.2) is 13.1 Å². The predicted octanol–water partition coefficient (Wildman–Crippen LogP) is 2.66. The zero-order valence-corrected chi connectivity index (χ0v) is 10.3. The molecule has 2 atom stereocenters. The third-order valence-electron chi connectivity index (χ3n) is 3.50. The van der Waals surface area contributed by atoms with Gasteiger partial charge in [-0.3, -0.25) is 0 Å². The molecule has 0 bridgehead atoms. The minimum atomic E-state index is 0.349. The van der Waals surface area contributed by atoms with Gasteiger partial charge in [-0.2, -0.15) is 0 Å². The average molecular weight is 238 g/mol. The molecule has 1 fully saturated rings. The Morgan fingerprint density at radius 2 is 1.00 bits per heavy atom. The Labute approximate surface area is 108 Å². The van der Waals surface area contributed by atoms with Gasteiger partial charge >= 0.3 is 0 Å². The predicted molar refractivity (Wildman–Crippen MR) is 74.4 cm³/mol. The molecule has 2 aromatic rings. The minimum absolute atomic E-state index is 0.349. The molecule has 1 aliphatic heterocycles. The van der Waals surface area contributed by atoms with Crippen LogP contribution in [0.2, 0.25) is 0 Å². The molecule has 2 aromatic carbocycles. The van der Waals surface area contributed by atoms with Gasteiger partial charge in [-0.1, -0.05) is 60.7 Å². The number of hydrogen-bond acceptors (Lipinski definition) is 2. The maximum atomic E-state index is 3.62. The van der Waals surface area contributed by atoms with Crippen molar-refractivity contribution in [3.8, 4) is 0 Å². The van der Waals surface area contributed by atoms with Crippen LogP contribution in [0.1, 0.15) is 23.2 Å². The Morgan fingerprint density at radius 3 is 1.39 bits per heavy atom. The van der Waals surface area contributed by atoms with Crippen molar-refractivity contribution in [3.05, 3.63) is 71.8 Å². The van der Waals surface area contributed by atoms with Crippen molar-refractivity contribution in [2.75, 3.05) is 13.1 Å². The largest absolute Gasteiger partial charge is 0.307 e. The summed E-state index contributed by atoms with van der Waals surface area (Å²) in [5.74, 6) is 0. The first kappa shape index (κ1) is 11.5. The van der Waals surface area contributed by atoms with E-state index in [-0.39, 0.29) is 0 Å². The molecular weight excluding hydrogens is 220 g/mol. The Morgan fingerprint density at radius 1 is 0.611 bits per heavy atom. The molecule has 1 heterocycles. The van der Waals surface area contributed by atoms with Crippen molar-refractivity contribution in [2.45, 2.75) is 12.1 Å². The van der Waals surface area contributed by atoms with E-state index in [1.807, 2.05) is 0 Å². The standard InChI is InChI=1S/C16H18N2/c1-3-7-13(8-4-1)15-16(18-12-11-17-15)14-9-5-2-6-10-14/h1-10,15-18H,11-12H2/t15-,16-/m0/s1. The minimum Gasteiger partial charge on any atom is -0.307 e. The zero-order valence-electron chi connectivity index (χ0n) is 10.3. The van der Waals surface area contributed by atoms with Crippen LogP contribution in [0, 0.1) is 0 Å². The van der Waals surface area contributed by atoms with Crippen molar-refractivity contribution in [3.63, 3.8) is 0 Å². The second-order valence-electron chi connectivity index (χ2n) is 4.68. The lowest BCUT2D eigenvalue weighted by atomic mass is 9.92. The lowest BCUT2D eigenvalue weighted by molar-refractivity contribution is 0.333. The molecule has 0 amide bonds. The van der Waals surface area contributed by atoms with Gasteiger partial charge in [0.1, 0.15) is 0 Å². The monoisotopic (exact) mass is 238 g/mol. The van der Waals surface area contributed by atoms with Crippen LogP contribution in [0.15, 0.2) is 60.7 Å². The molecule has 3 rings (SSSR count). The SMILES string of the molecule is c1ccc([C@@H]2NCCN[C@H]2c2ccccc2)cc1. The normalized spacial score (nSPS) is 23.8. The fourth-order valence-electron chi connectivity index (χ4n) is 2.63. The Balaban J connectivity index is 1.92. The number of benzene rings is 2. The van der Waals surface area contributed by atoms with Crippen LogP contribution >= 0.6 is 0 Å². The van der Waals surface area contributed by atoms with E-state index in [1.165, 1.54) is 11.1 Å². The molecule has 0 aromatic heterocycles. The summed E-state index contributed by atoms with van der Waals surface area (Å²) in [6, 6.07) is 22.0. The fraction of sp³-hybridized carbons (Fsp3) is 0.250. The van der Waals surface area contributed by atoms with Gasteiger partial charge < -0.3 is 10.6 Å². The van der Waals surface area contributed by atoms with Gasteiger partial charge in [-0.25, -0.2) is 0 Å². The first-order valence-electron chi connectivity index (χ1n) is 6.52. The van der Waals surface area contributed by atoms with E-state index in [0.717, 1.165) is 13.1 Å². The second kappa shape index (κ2) is 5.34. The highest BCUT2D eigenvalue weighted by Crippen LogP contribution is 2.30. The number of rotatable bonds is 2. The molecule has 2 nitrogen and oxygen atoms in total. The van der Waals surface area contributed by atoms with Crippen LogP contribution in [0.4, 0.5) is 0 Å². The van der Waals surface area contributed by atoms with Gasteiger partial charge in [0, 0.05) is 13.1 Å². The molecular formula is C16H18N2. The number of nitrogens with one attached hydrogen (secondary N) is 2. The van der Waals surface area contributed by atoms with E-state index in [1.54, 1.807) is 0 Å². The van der Waals surface area contributed by atoms with E-state index in [4.69, 9.17) is 0 Å². The highest BCUT2D eigenvalue weighted by molar-refractivity contribution is 5.28. The molecule has 0 aliphatic carbocycles. The molecule has 1 saturated heterocycles. The maximum Gasteiger partial charge on any atom is 0.0518 e. The zero-order chi connectivity index (χ0) is 12.2. The van der Waals surface area contributed by atoms with Crippen molar-refractivity contribution < 1.29 is 0 Å². The lowest BCUT2D eigenvalue weighted by Crippen LogP contribution is -2.45. The summed E-state index contributed by atoms with van der Waals surface area (Å²) in [4.78, 5) is 0. The van der Waals surface area contributed by atoms with E-state index >= 15 is 0 Å². The van der Waals surface area contributed by atoms with Crippen molar-refractivity contribution in [1.82, 2.24) is 10.6 Å². The third kappa shape index (κ3) is 2.30. The summed E-state index contributed by atoms with van der Waals surface area (Å²) in [6.45, 7) is 2.03. The van der Waals surface area contributed by atoms with Crippen LogP contribution in [-0.2, 0) is 0 Å². The Hall–Kier alpha value is -1.64. The van der Waals surface area contributed by atoms with Crippen LogP contribution in [0.3, 0.4) is 0 Å². The maximum absolute atomic E-state index is 3.62. The van der Waals surface area contributed by atoms with Crippen molar-refractivity contribution >= 4 is 0 Å². The molecule has 2 heteroatoms. The molecule has 0 spiro atoms. The van der Waals surface area contributed by atoms with Gasteiger partial charge in [0.25, 0.3) is 0 Å². The molecule has 2 N–H and O–H groups in total. The number of hydrogen-bond donors (Lipinski definition) is 2. The van der Waals surface area contributed by atoms with Gasteiger partial charge in [-0.15, -0.1) is 0 Å². The van der Waals surface area contributed by atoms with Gasteiger partial charge in [-0.05, 0) is 11.1 Å². The topological polar surface area (TPSA) is 24.1 Å². The molecule has 18 heavy (non-hydrogen) atoms. The summed E-state index contributed by atoms with van der Waals surface area (Å²) < 4.78 is 0. The highest BCUT2D eigenvalue weighted by atomic mass is 15.1. The van der Waals surface area contributed by atoms with Gasteiger partial charge in [0.05, 0.1) is 12.1 Å². The van der Waals surface area contributed by atoms with Gasteiger partial charge in [0.2, 0.25) is 0 Å². The van der Waals surface area contributed by atoms with Crippen LogP contribution in [0.25, 0.3) is 0 Å². The lowest BCUT2D eigenvalue weighted by Gasteiger charge is -2.34.